The normalized spacial score (nSPS) is 11.5. The second kappa shape index (κ2) is 7.10. The average Bonchev–Trinajstić information content (AvgIpc) is 2.07. The van der Waals surface area contributed by atoms with Gasteiger partial charge in [-0.1, -0.05) is 57.5 Å². The maximum absolute atomic E-state index is 2.40. The van der Waals surface area contributed by atoms with E-state index in [0.717, 1.165) is 0 Å². The smallest absolute Gasteiger partial charge is 0.0333 e. The highest BCUT2D eigenvalue weighted by Gasteiger charge is 2.12. The molecule has 0 aliphatic heterocycles. The zero-order valence-electron chi connectivity index (χ0n) is 8.69. The van der Waals surface area contributed by atoms with Gasteiger partial charge in [-0.05, 0) is 0 Å². The highest BCUT2D eigenvalue weighted by atomic mass is 28.3. The van der Waals surface area contributed by atoms with E-state index in [1.54, 1.807) is 29.8 Å². The Balaban J connectivity index is 3.58. The Kier molecular flexibility index (Phi) is 7.38. The fourth-order valence-electron chi connectivity index (χ4n) is 1.72. The van der Waals surface area contributed by atoms with Gasteiger partial charge in [0.1, 0.15) is 0 Å². The van der Waals surface area contributed by atoms with Crippen LogP contribution in [0.4, 0.5) is 0 Å². The third-order valence-corrected chi connectivity index (χ3v) is 12.9. The second-order valence-corrected chi connectivity index (χ2v) is 12.2. The van der Waals surface area contributed by atoms with Gasteiger partial charge in [-0.3, -0.25) is 0 Å². The summed E-state index contributed by atoms with van der Waals surface area (Å²) in [6.07, 6.45) is 0. The SMILES string of the molecule is CC[SiH](CC)C[SiH](CC)CC. The summed E-state index contributed by atoms with van der Waals surface area (Å²) in [4.78, 5) is 0. The number of hydrogen-bond acceptors (Lipinski definition) is 0. The van der Waals surface area contributed by atoms with Crippen molar-refractivity contribution in [2.24, 2.45) is 0 Å². The molecule has 0 aromatic rings. The van der Waals surface area contributed by atoms with Crippen LogP contribution < -0.4 is 0 Å². The topological polar surface area (TPSA) is 0 Å². The minimum Gasteiger partial charge on any atom is -0.0680 e. The summed E-state index contributed by atoms with van der Waals surface area (Å²) in [5.74, 6) is 0. The van der Waals surface area contributed by atoms with Gasteiger partial charge in [0.15, 0.2) is 0 Å². The highest BCUT2D eigenvalue weighted by molar-refractivity contribution is 6.77. The maximum Gasteiger partial charge on any atom is 0.0333 e. The fraction of sp³-hybridized carbons (Fsp3) is 1.00. The van der Waals surface area contributed by atoms with Gasteiger partial charge >= 0.3 is 0 Å². The maximum atomic E-state index is 2.40. The van der Waals surface area contributed by atoms with E-state index in [1.807, 2.05) is 0 Å². The van der Waals surface area contributed by atoms with Gasteiger partial charge in [-0.15, -0.1) is 0 Å². The molecule has 0 radical (unpaired) electrons. The first-order valence-electron chi connectivity index (χ1n) is 5.28. The van der Waals surface area contributed by atoms with Gasteiger partial charge in [0, 0.05) is 17.6 Å². The number of hydrogen-bond donors (Lipinski definition) is 0. The van der Waals surface area contributed by atoms with E-state index >= 15 is 0 Å². The fourth-order valence-corrected chi connectivity index (χ4v) is 12.0. The molecule has 0 saturated heterocycles. The lowest BCUT2D eigenvalue weighted by Crippen LogP contribution is -2.21. The molecule has 0 bridgehead atoms. The van der Waals surface area contributed by atoms with Crippen LogP contribution in [0, 0.1) is 0 Å². The van der Waals surface area contributed by atoms with Gasteiger partial charge in [-0.25, -0.2) is 0 Å². The first-order chi connectivity index (χ1) is 5.28. The Morgan fingerprint density at radius 1 is 0.636 bits per heavy atom. The largest absolute Gasteiger partial charge is 0.0680 e. The van der Waals surface area contributed by atoms with E-state index in [4.69, 9.17) is 0 Å². The molecular formula is C9H24Si2. The molecule has 0 aromatic carbocycles. The number of rotatable bonds is 6. The van der Waals surface area contributed by atoms with Crippen LogP contribution in [0.2, 0.25) is 29.8 Å². The highest BCUT2D eigenvalue weighted by Crippen LogP contribution is 2.12. The molecule has 0 unspecified atom stereocenters. The summed E-state index contributed by atoms with van der Waals surface area (Å²) in [7, 11) is -0.447. The summed E-state index contributed by atoms with van der Waals surface area (Å²) in [6, 6.07) is 6.17. The lowest BCUT2D eigenvalue weighted by atomic mass is 10.9. The molecule has 0 aliphatic rings. The van der Waals surface area contributed by atoms with E-state index in [2.05, 4.69) is 27.7 Å². The van der Waals surface area contributed by atoms with Crippen LogP contribution in [-0.4, -0.2) is 17.6 Å². The molecule has 0 aliphatic carbocycles. The molecule has 0 saturated carbocycles. The molecule has 0 nitrogen and oxygen atoms in total. The van der Waals surface area contributed by atoms with Crippen LogP contribution in [0.25, 0.3) is 0 Å². The molecular weight excluding hydrogens is 164 g/mol. The van der Waals surface area contributed by atoms with E-state index in [1.165, 1.54) is 0 Å². The van der Waals surface area contributed by atoms with Crippen molar-refractivity contribution in [1.29, 1.82) is 0 Å². The van der Waals surface area contributed by atoms with Crippen LogP contribution in [0.1, 0.15) is 27.7 Å². The Labute approximate surface area is 75.6 Å². The van der Waals surface area contributed by atoms with Crippen molar-refractivity contribution in [3.63, 3.8) is 0 Å². The first kappa shape index (κ1) is 11.4. The molecule has 0 spiro atoms. The van der Waals surface area contributed by atoms with Crippen molar-refractivity contribution in [3.8, 4) is 0 Å². The standard InChI is InChI=1S/C9H24Si2/c1-5-10(6-2)9-11(7-3)8-4/h10-11H,5-9H2,1-4H3. The predicted octanol–water partition coefficient (Wildman–Crippen LogP) is 3.06. The van der Waals surface area contributed by atoms with E-state index < -0.39 is 0 Å². The summed E-state index contributed by atoms with van der Waals surface area (Å²) in [6.45, 7) is 9.60. The van der Waals surface area contributed by atoms with Gasteiger partial charge in [0.05, 0.1) is 0 Å². The predicted molar refractivity (Wildman–Crippen MR) is 61.0 cm³/mol. The van der Waals surface area contributed by atoms with Crippen molar-refractivity contribution in [3.05, 3.63) is 0 Å². The third kappa shape index (κ3) is 4.80. The third-order valence-electron chi connectivity index (χ3n) is 2.98. The molecule has 0 aromatic heterocycles. The van der Waals surface area contributed by atoms with Gasteiger partial charge in [-0.2, -0.15) is 0 Å². The quantitative estimate of drug-likeness (QED) is 0.562. The van der Waals surface area contributed by atoms with E-state index in [9.17, 15) is 0 Å². The monoisotopic (exact) mass is 188 g/mol. The Bertz CT molecular complexity index is 65.6. The Hall–Kier alpha value is 0.434. The minimum atomic E-state index is -0.224. The van der Waals surface area contributed by atoms with Crippen molar-refractivity contribution >= 4 is 17.6 Å². The Morgan fingerprint density at radius 2 is 0.909 bits per heavy atom. The second-order valence-electron chi connectivity index (χ2n) is 3.60. The van der Waals surface area contributed by atoms with Crippen molar-refractivity contribution in [2.45, 2.75) is 57.5 Å². The van der Waals surface area contributed by atoms with E-state index in [0.29, 0.717) is 0 Å². The Morgan fingerprint density at radius 3 is 1.09 bits per heavy atom. The van der Waals surface area contributed by atoms with E-state index in [-0.39, 0.29) is 17.6 Å². The lowest BCUT2D eigenvalue weighted by molar-refractivity contribution is 1.25. The summed E-state index contributed by atoms with van der Waals surface area (Å²) >= 11 is 0. The van der Waals surface area contributed by atoms with Crippen LogP contribution >= 0.6 is 0 Å². The molecule has 0 amide bonds. The van der Waals surface area contributed by atoms with Crippen LogP contribution in [0.5, 0.6) is 0 Å². The molecule has 11 heavy (non-hydrogen) atoms. The molecule has 0 N–H and O–H groups in total. The average molecular weight is 188 g/mol. The van der Waals surface area contributed by atoms with Crippen LogP contribution in [0.3, 0.4) is 0 Å². The molecule has 0 rings (SSSR count). The minimum absolute atomic E-state index is 0.224. The first-order valence-corrected chi connectivity index (χ1v) is 10.2. The molecule has 0 fully saturated rings. The lowest BCUT2D eigenvalue weighted by Gasteiger charge is -2.16. The van der Waals surface area contributed by atoms with Crippen LogP contribution in [-0.2, 0) is 0 Å². The zero-order chi connectivity index (χ0) is 8.69. The van der Waals surface area contributed by atoms with Crippen molar-refractivity contribution in [2.75, 3.05) is 0 Å². The summed E-state index contributed by atoms with van der Waals surface area (Å²) in [5.41, 5.74) is 1.74. The van der Waals surface area contributed by atoms with Gasteiger partial charge in [0.2, 0.25) is 0 Å². The van der Waals surface area contributed by atoms with Crippen molar-refractivity contribution < 1.29 is 0 Å². The zero-order valence-corrected chi connectivity index (χ0v) is 11.0. The molecule has 0 heterocycles. The molecule has 0 atom stereocenters. The molecule has 68 valence electrons. The van der Waals surface area contributed by atoms with Crippen LogP contribution in [0.15, 0.2) is 0 Å². The molecule has 2 heteroatoms. The van der Waals surface area contributed by atoms with Gasteiger partial charge < -0.3 is 0 Å². The van der Waals surface area contributed by atoms with Gasteiger partial charge in [0.25, 0.3) is 0 Å². The summed E-state index contributed by atoms with van der Waals surface area (Å²) < 4.78 is 0. The van der Waals surface area contributed by atoms with Crippen molar-refractivity contribution in [1.82, 2.24) is 0 Å². The summed E-state index contributed by atoms with van der Waals surface area (Å²) in [5, 5.41) is 0.